The molecule has 5 nitrogen and oxygen atoms in total. The minimum Gasteiger partial charge on any atom is -0.469 e. The molecule has 0 atom stereocenters. The fraction of sp³-hybridized carbons (Fsp3) is 0.533. The highest BCUT2D eigenvalue weighted by molar-refractivity contribution is 5.77. The molecule has 0 aliphatic heterocycles. The van der Waals surface area contributed by atoms with Crippen molar-refractivity contribution in [1.29, 1.82) is 0 Å². The number of pyridine rings is 1. The Bertz CT molecular complexity index is 610. The lowest BCUT2D eigenvalue weighted by atomic mass is 10.2. The first-order chi connectivity index (χ1) is 9.33. The maximum Gasteiger partial charge on any atom is 0.257 e. The summed E-state index contributed by atoms with van der Waals surface area (Å²) < 4.78 is 8.70. The number of nitrogens with zero attached hydrogens (tertiary/aromatic N) is 3. The lowest BCUT2D eigenvalue weighted by molar-refractivity contribution is -0.870. The standard InChI is InChI=1S/C15H25N4O/c1-11-7-8-13-14(16-3)15(17-18(13)12(11)2)20-10-9-19(4,5)6/h7-8,16H,9-10H2,1-6H3/q+1. The monoisotopic (exact) mass is 277 g/mol. The van der Waals surface area contributed by atoms with Gasteiger partial charge in [-0.1, -0.05) is 6.07 Å². The van der Waals surface area contributed by atoms with Crippen molar-refractivity contribution in [3.63, 3.8) is 0 Å². The van der Waals surface area contributed by atoms with Crippen molar-refractivity contribution in [2.75, 3.05) is 46.7 Å². The van der Waals surface area contributed by atoms with Crippen LogP contribution in [-0.2, 0) is 0 Å². The molecule has 2 heterocycles. The average Bonchev–Trinajstić information content (AvgIpc) is 2.71. The van der Waals surface area contributed by atoms with Crippen molar-refractivity contribution < 1.29 is 9.22 Å². The van der Waals surface area contributed by atoms with E-state index < -0.39 is 0 Å². The topological polar surface area (TPSA) is 38.6 Å². The Morgan fingerprint density at radius 1 is 1.25 bits per heavy atom. The number of ether oxygens (including phenoxy) is 1. The van der Waals surface area contributed by atoms with Gasteiger partial charge in [-0.3, -0.25) is 0 Å². The number of aryl methyl sites for hydroxylation is 2. The fourth-order valence-electron chi connectivity index (χ4n) is 2.06. The van der Waals surface area contributed by atoms with Gasteiger partial charge in [0.25, 0.3) is 5.88 Å². The second kappa shape index (κ2) is 5.32. The van der Waals surface area contributed by atoms with Crippen LogP contribution in [0.3, 0.4) is 0 Å². The van der Waals surface area contributed by atoms with Gasteiger partial charge in [0.2, 0.25) is 0 Å². The van der Waals surface area contributed by atoms with Gasteiger partial charge >= 0.3 is 0 Å². The maximum absolute atomic E-state index is 5.87. The molecular formula is C15H25N4O+. The van der Waals surface area contributed by atoms with Crippen molar-refractivity contribution in [1.82, 2.24) is 9.61 Å². The van der Waals surface area contributed by atoms with E-state index in [9.17, 15) is 0 Å². The highest BCUT2D eigenvalue weighted by Gasteiger charge is 2.16. The number of aromatic nitrogens is 2. The number of hydrogen-bond acceptors (Lipinski definition) is 3. The van der Waals surface area contributed by atoms with E-state index in [1.807, 2.05) is 11.6 Å². The average molecular weight is 277 g/mol. The van der Waals surface area contributed by atoms with E-state index in [0.717, 1.165) is 27.9 Å². The first-order valence-electron chi connectivity index (χ1n) is 6.93. The third kappa shape index (κ3) is 2.88. The molecule has 2 aromatic rings. The van der Waals surface area contributed by atoms with Gasteiger partial charge in [0.05, 0.1) is 26.7 Å². The first-order valence-corrected chi connectivity index (χ1v) is 6.93. The Morgan fingerprint density at radius 2 is 1.95 bits per heavy atom. The normalized spacial score (nSPS) is 11.9. The van der Waals surface area contributed by atoms with E-state index in [0.29, 0.717) is 12.5 Å². The second-order valence-electron chi connectivity index (χ2n) is 6.19. The van der Waals surface area contributed by atoms with Crippen molar-refractivity contribution in [2.45, 2.75) is 13.8 Å². The van der Waals surface area contributed by atoms with Gasteiger partial charge in [-0.25, -0.2) is 4.52 Å². The molecule has 0 spiro atoms. The van der Waals surface area contributed by atoms with Crippen LogP contribution in [0, 0.1) is 13.8 Å². The zero-order chi connectivity index (χ0) is 14.9. The van der Waals surface area contributed by atoms with Gasteiger partial charge < -0.3 is 14.5 Å². The van der Waals surface area contributed by atoms with Crippen LogP contribution >= 0.6 is 0 Å². The van der Waals surface area contributed by atoms with Crippen LogP contribution in [0.2, 0.25) is 0 Å². The number of anilines is 1. The molecule has 0 saturated carbocycles. The van der Waals surface area contributed by atoms with Crippen LogP contribution in [0.15, 0.2) is 12.1 Å². The van der Waals surface area contributed by atoms with E-state index in [-0.39, 0.29) is 0 Å². The smallest absolute Gasteiger partial charge is 0.257 e. The molecule has 0 bridgehead atoms. The van der Waals surface area contributed by atoms with Crippen LogP contribution in [0.25, 0.3) is 5.52 Å². The summed E-state index contributed by atoms with van der Waals surface area (Å²) in [6.45, 7) is 5.76. The van der Waals surface area contributed by atoms with Crippen molar-refractivity contribution in [2.24, 2.45) is 0 Å². The predicted molar refractivity (Wildman–Crippen MR) is 82.6 cm³/mol. The second-order valence-corrected chi connectivity index (χ2v) is 6.19. The molecule has 2 aromatic heterocycles. The molecule has 0 fully saturated rings. The molecule has 0 saturated heterocycles. The number of rotatable bonds is 5. The van der Waals surface area contributed by atoms with Crippen molar-refractivity contribution in [3.05, 3.63) is 23.4 Å². The zero-order valence-corrected chi connectivity index (χ0v) is 13.3. The Labute approximate surface area is 120 Å². The Kier molecular flexibility index (Phi) is 3.90. The Balaban J connectivity index is 2.31. The van der Waals surface area contributed by atoms with E-state index >= 15 is 0 Å². The first kappa shape index (κ1) is 14.7. The molecule has 0 radical (unpaired) electrons. The summed E-state index contributed by atoms with van der Waals surface area (Å²) in [5.41, 5.74) is 4.37. The fourth-order valence-corrected chi connectivity index (χ4v) is 2.06. The predicted octanol–water partition coefficient (Wildman–Crippen LogP) is 2.08. The summed E-state index contributed by atoms with van der Waals surface area (Å²) >= 11 is 0. The number of quaternary nitrogens is 1. The quantitative estimate of drug-likeness (QED) is 0.850. The molecule has 0 aliphatic rings. The molecular weight excluding hydrogens is 252 g/mol. The summed E-state index contributed by atoms with van der Waals surface area (Å²) in [5.74, 6) is 0.676. The molecule has 20 heavy (non-hydrogen) atoms. The molecule has 2 rings (SSSR count). The lowest BCUT2D eigenvalue weighted by Gasteiger charge is -2.23. The van der Waals surface area contributed by atoms with E-state index in [4.69, 9.17) is 4.74 Å². The summed E-state index contributed by atoms with van der Waals surface area (Å²) in [6.07, 6.45) is 0. The van der Waals surface area contributed by atoms with E-state index in [1.54, 1.807) is 0 Å². The molecule has 0 aromatic carbocycles. The van der Waals surface area contributed by atoms with Gasteiger partial charge in [0, 0.05) is 12.7 Å². The van der Waals surface area contributed by atoms with E-state index in [1.165, 1.54) is 5.56 Å². The summed E-state index contributed by atoms with van der Waals surface area (Å²) in [6, 6.07) is 4.19. The van der Waals surface area contributed by atoms with Crippen LogP contribution in [-0.4, -0.2) is 55.4 Å². The SMILES string of the molecule is CNc1c(OCC[N+](C)(C)C)nn2c(C)c(C)ccc12. The van der Waals surface area contributed by atoms with Crippen LogP contribution in [0.1, 0.15) is 11.3 Å². The molecule has 1 N–H and O–H groups in total. The number of likely N-dealkylation sites (N-methyl/N-ethyl adjacent to an activating group) is 1. The van der Waals surface area contributed by atoms with Gasteiger partial charge in [0.15, 0.2) is 0 Å². The summed E-state index contributed by atoms with van der Waals surface area (Å²) in [4.78, 5) is 0. The summed E-state index contributed by atoms with van der Waals surface area (Å²) in [7, 11) is 8.36. The highest BCUT2D eigenvalue weighted by atomic mass is 16.5. The van der Waals surface area contributed by atoms with E-state index in [2.05, 4.69) is 57.5 Å². The zero-order valence-electron chi connectivity index (χ0n) is 13.3. The van der Waals surface area contributed by atoms with Gasteiger partial charge in [-0.15, -0.1) is 5.10 Å². The van der Waals surface area contributed by atoms with Gasteiger partial charge in [0.1, 0.15) is 18.8 Å². The van der Waals surface area contributed by atoms with Gasteiger partial charge in [-0.05, 0) is 25.5 Å². The van der Waals surface area contributed by atoms with Crippen LogP contribution < -0.4 is 10.1 Å². The van der Waals surface area contributed by atoms with Gasteiger partial charge in [-0.2, -0.15) is 0 Å². The summed E-state index contributed by atoms with van der Waals surface area (Å²) in [5, 5.41) is 7.79. The number of nitrogens with one attached hydrogen (secondary N) is 1. The highest BCUT2D eigenvalue weighted by Crippen LogP contribution is 2.29. The van der Waals surface area contributed by atoms with Crippen molar-refractivity contribution in [3.8, 4) is 5.88 Å². The number of fused-ring (bicyclic) bond motifs is 1. The van der Waals surface area contributed by atoms with Crippen LogP contribution in [0.4, 0.5) is 5.69 Å². The largest absolute Gasteiger partial charge is 0.469 e. The minimum absolute atomic E-state index is 0.653. The Hall–Kier alpha value is -1.75. The van der Waals surface area contributed by atoms with Crippen LogP contribution in [0.5, 0.6) is 5.88 Å². The molecule has 110 valence electrons. The molecule has 5 heteroatoms. The lowest BCUT2D eigenvalue weighted by Crippen LogP contribution is -2.38. The van der Waals surface area contributed by atoms with Crippen molar-refractivity contribution >= 4 is 11.2 Å². The molecule has 0 aliphatic carbocycles. The minimum atomic E-state index is 0.653. The molecule has 0 amide bonds. The third-order valence-electron chi connectivity index (χ3n) is 3.52. The Morgan fingerprint density at radius 3 is 2.55 bits per heavy atom. The molecule has 0 unspecified atom stereocenters. The third-order valence-corrected chi connectivity index (χ3v) is 3.52. The number of hydrogen-bond donors (Lipinski definition) is 1. The maximum atomic E-state index is 5.87.